The van der Waals surface area contributed by atoms with E-state index in [0.29, 0.717) is 0 Å². The third kappa shape index (κ3) is 4.76. The van der Waals surface area contributed by atoms with Crippen molar-refractivity contribution in [3.05, 3.63) is 27.7 Å². The van der Waals surface area contributed by atoms with E-state index >= 15 is 0 Å². The second-order valence-electron chi connectivity index (χ2n) is 5.06. The Hall–Kier alpha value is -0.580. The van der Waals surface area contributed by atoms with Crippen molar-refractivity contribution in [1.29, 1.82) is 0 Å². The number of hydrogen-bond donors (Lipinski definition) is 1. The number of nitrogens with two attached hydrogens (primary N) is 1. The van der Waals surface area contributed by atoms with Crippen LogP contribution in [0, 0.1) is 0 Å². The molecule has 1 aromatic rings. The van der Waals surface area contributed by atoms with Crippen molar-refractivity contribution in [3.63, 3.8) is 0 Å². The molecule has 1 rings (SSSR count). The van der Waals surface area contributed by atoms with Gasteiger partial charge in [0.1, 0.15) is 0 Å². The molecule has 1 aromatic carbocycles. The SMILES string of the molecule is CCN(CC)Cc1cc(Br)cc(CN(CC)CC)c1N. The van der Waals surface area contributed by atoms with Crippen LogP contribution in [-0.2, 0) is 13.1 Å². The summed E-state index contributed by atoms with van der Waals surface area (Å²) in [7, 11) is 0. The van der Waals surface area contributed by atoms with Gasteiger partial charge < -0.3 is 5.73 Å². The standard InChI is InChI=1S/C16H28BrN3/c1-5-19(6-2)11-13-9-15(17)10-14(16(13)18)12-20(7-3)8-4/h9-10H,5-8,11-12,18H2,1-4H3. The van der Waals surface area contributed by atoms with Gasteiger partial charge in [-0.1, -0.05) is 43.6 Å². The summed E-state index contributed by atoms with van der Waals surface area (Å²) in [6, 6.07) is 4.30. The van der Waals surface area contributed by atoms with E-state index in [1.54, 1.807) is 0 Å². The number of benzene rings is 1. The Morgan fingerprint density at radius 2 is 1.20 bits per heavy atom. The maximum Gasteiger partial charge on any atom is 0.0406 e. The van der Waals surface area contributed by atoms with E-state index in [9.17, 15) is 0 Å². The molecule has 0 saturated heterocycles. The molecule has 4 heteroatoms. The summed E-state index contributed by atoms with van der Waals surface area (Å²) in [6.07, 6.45) is 0. The van der Waals surface area contributed by atoms with Crippen LogP contribution >= 0.6 is 15.9 Å². The van der Waals surface area contributed by atoms with E-state index in [1.165, 1.54) is 11.1 Å². The Labute approximate surface area is 132 Å². The number of nitrogens with zero attached hydrogens (tertiary/aromatic N) is 2. The normalized spacial score (nSPS) is 11.6. The first kappa shape index (κ1) is 17.5. The highest BCUT2D eigenvalue weighted by atomic mass is 79.9. The molecule has 0 aromatic heterocycles. The Kier molecular flexibility index (Phi) is 7.56. The van der Waals surface area contributed by atoms with Crippen LogP contribution in [0.1, 0.15) is 38.8 Å². The monoisotopic (exact) mass is 341 g/mol. The van der Waals surface area contributed by atoms with Gasteiger partial charge in [-0.05, 0) is 49.4 Å². The minimum absolute atomic E-state index is 0.920. The molecule has 0 fully saturated rings. The van der Waals surface area contributed by atoms with Gasteiger partial charge >= 0.3 is 0 Å². The van der Waals surface area contributed by atoms with Crippen molar-refractivity contribution in [1.82, 2.24) is 9.80 Å². The molecule has 0 heterocycles. The van der Waals surface area contributed by atoms with Crippen LogP contribution in [0.4, 0.5) is 5.69 Å². The lowest BCUT2D eigenvalue weighted by Gasteiger charge is -2.23. The minimum Gasteiger partial charge on any atom is -0.398 e. The molecule has 0 amide bonds. The molecule has 2 N–H and O–H groups in total. The second-order valence-corrected chi connectivity index (χ2v) is 5.98. The van der Waals surface area contributed by atoms with Crippen LogP contribution in [0.25, 0.3) is 0 Å². The maximum absolute atomic E-state index is 6.39. The first-order valence-electron chi connectivity index (χ1n) is 7.57. The zero-order valence-corrected chi connectivity index (χ0v) is 14.8. The van der Waals surface area contributed by atoms with Crippen molar-refractivity contribution in [2.75, 3.05) is 31.9 Å². The average molecular weight is 342 g/mol. The smallest absolute Gasteiger partial charge is 0.0406 e. The van der Waals surface area contributed by atoms with Gasteiger partial charge in [-0.15, -0.1) is 0 Å². The van der Waals surface area contributed by atoms with Gasteiger partial charge in [0, 0.05) is 23.2 Å². The summed E-state index contributed by atoms with van der Waals surface area (Å²) in [5, 5.41) is 0. The summed E-state index contributed by atoms with van der Waals surface area (Å²) in [5.41, 5.74) is 9.80. The average Bonchev–Trinajstić information content (AvgIpc) is 2.46. The summed E-state index contributed by atoms with van der Waals surface area (Å²) in [6.45, 7) is 14.8. The largest absolute Gasteiger partial charge is 0.398 e. The van der Waals surface area contributed by atoms with Crippen molar-refractivity contribution in [3.8, 4) is 0 Å². The molecule has 0 atom stereocenters. The fraction of sp³-hybridized carbons (Fsp3) is 0.625. The van der Waals surface area contributed by atoms with E-state index in [0.717, 1.165) is 49.4 Å². The third-order valence-corrected chi connectivity index (χ3v) is 4.35. The molecule has 0 spiro atoms. The topological polar surface area (TPSA) is 32.5 Å². The number of rotatable bonds is 8. The number of anilines is 1. The molecule has 0 radical (unpaired) electrons. The number of halogens is 1. The molecule has 0 aliphatic rings. The van der Waals surface area contributed by atoms with Crippen molar-refractivity contribution >= 4 is 21.6 Å². The van der Waals surface area contributed by atoms with Crippen LogP contribution in [0.15, 0.2) is 16.6 Å². The number of nitrogen functional groups attached to an aromatic ring is 1. The molecule has 20 heavy (non-hydrogen) atoms. The summed E-state index contributed by atoms with van der Waals surface area (Å²) < 4.78 is 1.12. The lowest BCUT2D eigenvalue weighted by molar-refractivity contribution is 0.292. The van der Waals surface area contributed by atoms with Crippen LogP contribution in [-0.4, -0.2) is 36.0 Å². The fourth-order valence-corrected chi connectivity index (χ4v) is 2.93. The number of hydrogen-bond acceptors (Lipinski definition) is 3. The molecule has 114 valence electrons. The van der Waals surface area contributed by atoms with E-state index in [2.05, 4.69) is 65.6 Å². The highest BCUT2D eigenvalue weighted by molar-refractivity contribution is 9.10. The van der Waals surface area contributed by atoms with Crippen LogP contribution in [0.2, 0.25) is 0 Å². The summed E-state index contributed by atoms with van der Waals surface area (Å²) >= 11 is 3.62. The maximum atomic E-state index is 6.39. The molecule has 0 saturated carbocycles. The van der Waals surface area contributed by atoms with Gasteiger partial charge in [-0.3, -0.25) is 9.80 Å². The summed E-state index contributed by atoms with van der Waals surface area (Å²) in [4.78, 5) is 4.78. The van der Waals surface area contributed by atoms with Crippen molar-refractivity contribution < 1.29 is 0 Å². The molecular weight excluding hydrogens is 314 g/mol. The Bertz CT molecular complexity index is 377. The Balaban J connectivity index is 2.99. The van der Waals surface area contributed by atoms with E-state index in [-0.39, 0.29) is 0 Å². The van der Waals surface area contributed by atoms with Gasteiger partial charge in [-0.2, -0.15) is 0 Å². The quantitative estimate of drug-likeness (QED) is 0.731. The van der Waals surface area contributed by atoms with Gasteiger partial charge in [0.15, 0.2) is 0 Å². The van der Waals surface area contributed by atoms with Crippen LogP contribution in [0.5, 0.6) is 0 Å². The Morgan fingerprint density at radius 3 is 1.50 bits per heavy atom. The molecule has 3 nitrogen and oxygen atoms in total. The first-order valence-corrected chi connectivity index (χ1v) is 8.36. The first-order chi connectivity index (χ1) is 9.55. The van der Waals surface area contributed by atoms with Crippen LogP contribution < -0.4 is 5.73 Å². The molecule has 0 aliphatic heterocycles. The van der Waals surface area contributed by atoms with E-state index in [4.69, 9.17) is 5.73 Å². The third-order valence-electron chi connectivity index (χ3n) is 3.89. The predicted molar refractivity (Wildman–Crippen MR) is 91.8 cm³/mol. The van der Waals surface area contributed by atoms with Gasteiger partial charge in [0.05, 0.1) is 0 Å². The molecule has 0 bridgehead atoms. The van der Waals surface area contributed by atoms with Gasteiger partial charge in [0.25, 0.3) is 0 Å². The Morgan fingerprint density at radius 1 is 0.850 bits per heavy atom. The van der Waals surface area contributed by atoms with Crippen LogP contribution in [0.3, 0.4) is 0 Å². The zero-order valence-electron chi connectivity index (χ0n) is 13.2. The highest BCUT2D eigenvalue weighted by Crippen LogP contribution is 2.26. The molecule has 0 unspecified atom stereocenters. The molecular formula is C16H28BrN3. The lowest BCUT2D eigenvalue weighted by atomic mass is 10.1. The second kappa shape index (κ2) is 8.65. The lowest BCUT2D eigenvalue weighted by Crippen LogP contribution is -2.25. The predicted octanol–water partition coefficient (Wildman–Crippen LogP) is 3.71. The van der Waals surface area contributed by atoms with E-state index in [1.807, 2.05) is 0 Å². The zero-order chi connectivity index (χ0) is 15.1. The van der Waals surface area contributed by atoms with Crippen molar-refractivity contribution in [2.45, 2.75) is 40.8 Å². The van der Waals surface area contributed by atoms with Gasteiger partial charge in [0.2, 0.25) is 0 Å². The van der Waals surface area contributed by atoms with Crippen molar-refractivity contribution in [2.24, 2.45) is 0 Å². The van der Waals surface area contributed by atoms with E-state index < -0.39 is 0 Å². The summed E-state index contributed by atoms with van der Waals surface area (Å²) in [5.74, 6) is 0. The highest BCUT2D eigenvalue weighted by Gasteiger charge is 2.12. The minimum atomic E-state index is 0.920. The molecule has 0 aliphatic carbocycles. The fourth-order valence-electron chi connectivity index (χ4n) is 2.37. The van der Waals surface area contributed by atoms with Gasteiger partial charge in [-0.25, -0.2) is 0 Å².